The Kier molecular flexibility index (Phi) is 13.1. The number of hydrogen-bond acceptors (Lipinski definition) is 3. The fourth-order valence-electron chi connectivity index (χ4n) is 4.07. The minimum Gasteiger partial charge on any atom is -0.494 e. The second-order valence-electron chi connectivity index (χ2n) is 10.4. The van der Waals surface area contributed by atoms with Gasteiger partial charge in [0.15, 0.2) is 6.61 Å². The molecule has 0 N–H and O–H groups in total. The maximum atomic E-state index is 13.9. The van der Waals surface area contributed by atoms with Crippen molar-refractivity contribution in [2.24, 2.45) is 0 Å². The first-order valence-electron chi connectivity index (χ1n) is 14.0. The molecule has 45 heavy (non-hydrogen) atoms. The number of rotatable bonds is 19. The molecule has 2 aromatic carbocycles. The molecule has 0 aliphatic rings. The maximum absolute atomic E-state index is 13.9. The molecule has 0 aliphatic carbocycles. The number of alkyl halides is 12. The van der Waals surface area contributed by atoms with E-state index in [2.05, 4.69) is 11.7 Å². The van der Waals surface area contributed by atoms with Gasteiger partial charge in [-0.3, -0.25) is 0 Å². The fourth-order valence-corrected chi connectivity index (χ4v) is 4.07. The van der Waals surface area contributed by atoms with Gasteiger partial charge in [-0.1, -0.05) is 76.1 Å². The van der Waals surface area contributed by atoms with Crippen LogP contribution in [0.4, 0.5) is 52.7 Å². The van der Waals surface area contributed by atoms with E-state index in [1.807, 2.05) is 0 Å². The summed E-state index contributed by atoms with van der Waals surface area (Å²) in [4.78, 5) is 12.1. The number of benzene rings is 2. The van der Waals surface area contributed by atoms with Crippen LogP contribution in [0.2, 0.25) is 0 Å². The topological polar surface area (TPSA) is 35.5 Å². The number of carbonyl (C=O) groups is 1. The first kappa shape index (κ1) is 38.1. The third kappa shape index (κ3) is 8.78. The summed E-state index contributed by atoms with van der Waals surface area (Å²) in [6.07, 6.45) is 3.54. The molecule has 0 unspecified atom stereocenters. The molecule has 0 saturated heterocycles. The van der Waals surface area contributed by atoms with Crippen molar-refractivity contribution in [1.29, 1.82) is 0 Å². The van der Waals surface area contributed by atoms with Crippen LogP contribution >= 0.6 is 0 Å². The third-order valence-corrected chi connectivity index (χ3v) is 6.90. The average Bonchev–Trinajstić information content (AvgIpc) is 2.99. The quantitative estimate of drug-likeness (QED) is 0.0849. The summed E-state index contributed by atoms with van der Waals surface area (Å²) in [5, 5.41) is 0. The molecule has 2 rings (SSSR count). The third-order valence-electron chi connectivity index (χ3n) is 6.90. The van der Waals surface area contributed by atoms with Gasteiger partial charge in [0, 0.05) is 0 Å². The summed E-state index contributed by atoms with van der Waals surface area (Å²) in [5.41, 5.74) is 0.550. The first-order chi connectivity index (χ1) is 20.8. The van der Waals surface area contributed by atoms with E-state index in [-0.39, 0.29) is 0 Å². The molecule has 254 valence electrons. The van der Waals surface area contributed by atoms with E-state index in [4.69, 9.17) is 4.74 Å². The van der Waals surface area contributed by atoms with Gasteiger partial charge >= 0.3 is 42.0 Å². The van der Waals surface area contributed by atoms with Crippen molar-refractivity contribution >= 4 is 5.97 Å². The van der Waals surface area contributed by atoms with E-state index >= 15 is 0 Å². The zero-order valence-electron chi connectivity index (χ0n) is 24.0. The summed E-state index contributed by atoms with van der Waals surface area (Å²) < 4.78 is 169. The highest BCUT2D eigenvalue weighted by molar-refractivity contribution is 5.90. The Balaban J connectivity index is 1.95. The van der Waals surface area contributed by atoms with Gasteiger partial charge in [-0.15, -0.1) is 0 Å². The average molecular weight is 669 g/mol. The molecule has 0 heterocycles. The Morgan fingerprint density at radius 1 is 0.644 bits per heavy atom. The van der Waals surface area contributed by atoms with Crippen LogP contribution in [0.3, 0.4) is 0 Å². The molecule has 2 aromatic rings. The maximum Gasteiger partial charge on any atom is 0.384 e. The Morgan fingerprint density at radius 3 is 1.60 bits per heavy atom. The van der Waals surface area contributed by atoms with Gasteiger partial charge in [0.05, 0.1) is 12.2 Å². The van der Waals surface area contributed by atoms with Crippen molar-refractivity contribution in [3.63, 3.8) is 0 Å². The fraction of sp³-hybridized carbons (Fsp3) is 0.567. The monoisotopic (exact) mass is 668 g/mol. The lowest BCUT2D eigenvalue weighted by molar-refractivity contribution is -0.414. The SMILES string of the molecule is CCCCCCCCCCOc1ccc(-c2ccc(C(=O)OCC(F)(F)C(F)(F)C(F)(F)C(F)(F)C(F)(F)C(F)F)cc2)cc1. The Hall–Kier alpha value is -3.13. The molecule has 0 bridgehead atoms. The predicted octanol–water partition coefficient (Wildman–Crippen LogP) is 10.5. The van der Waals surface area contributed by atoms with Crippen LogP contribution in [0.25, 0.3) is 11.1 Å². The molecular weight excluding hydrogens is 636 g/mol. The molecular formula is C30H32F12O3. The standard InChI is InChI=1S/C30H32F12O3/c1-2-3-4-5-6-7-8-9-18-44-23-16-14-21(15-17-23)20-10-12-22(13-11-20)24(43)45-19-26(33,34)28(37,38)30(41,42)29(39,40)27(35,36)25(31)32/h10-17,25H,2-9,18-19H2,1H3. The van der Waals surface area contributed by atoms with E-state index < -0.39 is 54.2 Å². The molecule has 15 heteroatoms. The van der Waals surface area contributed by atoms with Gasteiger partial charge < -0.3 is 9.47 Å². The molecule has 0 aromatic heterocycles. The predicted molar refractivity (Wildman–Crippen MR) is 141 cm³/mol. The van der Waals surface area contributed by atoms with Gasteiger partial charge in [0.25, 0.3) is 0 Å². The van der Waals surface area contributed by atoms with Gasteiger partial charge in [-0.05, 0) is 41.8 Å². The van der Waals surface area contributed by atoms with Gasteiger partial charge in [0.2, 0.25) is 0 Å². The van der Waals surface area contributed by atoms with Crippen molar-refractivity contribution in [1.82, 2.24) is 0 Å². The van der Waals surface area contributed by atoms with Gasteiger partial charge in [-0.25, -0.2) is 13.6 Å². The molecule has 0 spiro atoms. The van der Waals surface area contributed by atoms with Crippen LogP contribution < -0.4 is 4.74 Å². The Morgan fingerprint density at radius 2 is 1.11 bits per heavy atom. The summed E-state index contributed by atoms with van der Waals surface area (Å²) in [6.45, 7) is -0.280. The minimum atomic E-state index is -7.69. The Bertz CT molecular complexity index is 1200. The van der Waals surface area contributed by atoms with Crippen molar-refractivity contribution in [3.05, 3.63) is 54.1 Å². The molecule has 0 aliphatic heterocycles. The highest BCUT2D eigenvalue weighted by Gasteiger charge is 2.87. The van der Waals surface area contributed by atoms with E-state index in [0.29, 0.717) is 23.5 Å². The number of esters is 1. The van der Waals surface area contributed by atoms with Crippen LogP contribution in [-0.2, 0) is 4.74 Å². The minimum absolute atomic E-state index is 0.486. The van der Waals surface area contributed by atoms with Crippen molar-refractivity contribution in [3.8, 4) is 16.9 Å². The van der Waals surface area contributed by atoms with Crippen LogP contribution in [0.15, 0.2) is 48.5 Å². The van der Waals surface area contributed by atoms with Crippen LogP contribution in [0.5, 0.6) is 5.75 Å². The highest BCUT2D eigenvalue weighted by Crippen LogP contribution is 2.58. The van der Waals surface area contributed by atoms with E-state index in [9.17, 15) is 57.5 Å². The van der Waals surface area contributed by atoms with Crippen molar-refractivity contribution in [2.45, 2.75) is 94.3 Å². The largest absolute Gasteiger partial charge is 0.494 e. The van der Waals surface area contributed by atoms with E-state index in [0.717, 1.165) is 31.4 Å². The highest BCUT2D eigenvalue weighted by atomic mass is 19.4. The molecule has 0 amide bonds. The lowest BCUT2D eigenvalue weighted by atomic mass is 9.94. The lowest BCUT2D eigenvalue weighted by Gasteiger charge is -2.38. The molecule has 0 atom stereocenters. The Labute approximate surface area is 251 Å². The molecule has 0 saturated carbocycles. The van der Waals surface area contributed by atoms with Crippen molar-refractivity contribution in [2.75, 3.05) is 13.2 Å². The van der Waals surface area contributed by atoms with Crippen LogP contribution in [0.1, 0.15) is 68.6 Å². The normalized spacial score (nSPS) is 13.3. The number of unbranched alkanes of at least 4 members (excludes halogenated alkanes) is 7. The van der Waals surface area contributed by atoms with Gasteiger partial charge in [-0.2, -0.15) is 43.9 Å². The zero-order chi connectivity index (χ0) is 34.1. The lowest BCUT2D eigenvalue weighted by Crippen LogP contribution is -2.69. The molecule has 3 nitrogen and oxygen atoms in total. The number of halogens is 12. The summed E-state index contributed by atoms with van der Waals surface area (Å²) >= 11 is 0. The number of hydrogen-bond donors (Lipinski definition) is 0. The second kappa shape index (κ2) is 15.4. The summed E-state index contributed by atoms with van der Waals surface area (Å²) in [5.74, 6) is -37.3. The second-order valence-corrected chi connectivity index (χ2v) is 10.4. The van der Waals surface area contributed by atoms with E-state index in [1.54, 1.807) is 24.3 Å². The number of ether oxygens (including phenoxy) is 2. The molecule has 0 fully saturated rings. The van der Waals surface area contributed by atoms with Crippen LogP contribution in [-0.4, -0.2) is 55.2 Å². The van der Waals surface area contributed by atoms with Crippen molar-refractivity contribution < 1.29 is 67.0 Å². The summed E-state index contributed by atoms with van der Waals surface area (Å²) in [6, 6.07) is 11.3. The van der Waals surface area contributed by atoms with Gasteiger partial charge in [0.1, 0.15) is 5.75 Å². The first-order valence-corrected chi connectivity index (χ1v) is 14.0. The smallest absolute Gasteiger partial charge is 0.384 e. The van der Waals surface area contributed by atoms with E-state index in [1.165, 1.54) is 44.2 Å². The van der Waals surface area contributed by atoms with Crippen LogP contribution in [0, 0.1) is 0 Å². The zero-order valence-corrected chi connectivity index (χ0v) is 24.0. The number of carbonyl (C=O) groups excluding carboxylic acids is 1. The molecule has 0 radical (unpaired) electrons. The summed E-state index contributed by atoms with van der Waals surface area (Å²) in [7, 11) is 0.